The van der Waals surface area contributed by atoms with Crippen molar-refractivity contribution in [2.75, 3.05) is 25.9 Å². The van der Waals surface area contributed by atoms with Crippen molar-refractivity contribution in [1.29, 1.82) is 0 Å². The predicted octanol–water partition coefficient (Wildman–Crippen LogP) is 2.68. The lowest BCUT2D eigenvalue weighted by molar-refractivity contribution is 0.229. The summed E-state index contributed by atoms with van der Waals surface area (Å²) in [7, 11) is 2.19. The Hall–Kier alpha value is -1.81. The second-order valence-corrected chi connectivity index (χ2v) is 5.52. The number of nitrogen functional groups attached to an aromatic ring is 1. The highest BCUT2D eigenvalue weighted by molar-refractivity contribution is 5.82. The van der Waals surface area contributed by atoms with E-state index in [1.54, 1.807) is 0 Å². The first-order valence-electron chi connectivity index (χ1n) is 7.22. The van der Waals surface area contributed by atoms with Gasteiger partial charge in [-0.05, 0) is 57.1 Å². The van der Waals surface area contributed by atoms with E-state index in [0.29, 0.717) is 11.9 Å². The molecule has 2 aromatic rings. The largest absolute Gasteiger partial charge is 0.478 e. The van der Waals surface area contributed by atoms with Crippen LogP contribution in [0.3, 0.4) is 0 Å². The number of aromatic nitrogens is 1. The van der Waals surface area contributed by atoms with Crippen molar-refractivity contribution in [2.24, 2.45) is 0 Å². The number of hydrogen-bond donors (Lipinski definition) is 1. The SMILES string of the molecule is CN1CCCC1CCOc1ccc2cc(N)ccc2n1. The molecule has 106 valence electrons. The smallest absolute Gasteiger partial charge is 0.213 e. The fourth-order valence-electron chi connectivity index (χ4n) is 2.85. The molecular weight excluding hydrogens is 250 g/mol. The molecule has 2 heterocycles. The van der Waals surface area contributed by atoms with Crippen LogP contribution in [0.4, 0.5) is 5.69 Å². The molecule has 0 amide bonds. The van der Waals surface area contributed by atoms with Crippen molar-refractivity contribution in [3.05, 3.63) is 30.3 Å². The molecular formula is C16H21N3O. The van der Waals surface area contributed by atoms with Gasteiger partial charge in [-0.15, -0.1) is 0 Å². The minimum absolute atomic E-state index is 0.662. The first kappa shape index (κ1) is 13.2. The van der Waals surface area contributed by atoms with E-state index in [1.807, 2.05) is 30.3 Å². The summed E-state index contributed by atoms with van der Waals surface area (Å²) < 4.78 is 5.79. The van der Waals surface area contributed by atoms with E-state index in [2.05, 4.69) is 16.9 Å². The normalized spacial score (nSPS) is 19.6. The van der Waals surface area contributed by atoms with E-state index in [1.165, 1.54) is 19.4 Å². The lowest BCUT2D eigenvalue weighted by Crippen LogP contribution is -2.26. The Balaban J connectivity index is 1.61. The van der Waals surface area contributed by atoms with Crippen molar-refractivity contribution in [2.45, 2.75) is 25.3 Å². The molecule has 1 aliphatic rings. The number of rotatable bonds is 4. The molecule has 20 heavy (non-hydrogen) atoms. The molecule has 1 unspecified atom stereocenters. The zero-order valence-corrected chi connectivity index (χ0v) is 11.9. The molecule has 0 bridgehead atoms. The van der Waals surface area contributed by atoms with E-state index >= 15 is 0 Å². The van der Waals surface area contributed by atoms with Crippen LogP contribution in [0, 0.1) is 0 Å². The second-order valence-electron chi connectivity index (χ2n) is 5.52. The van der Waals surface area contributed by atoms with Gasteiger partial charge in [0.05, 0.1) is 12.1 Å². The number of pyridine rings is 1. The Bertz CT molecular complexity index is 599. The van der Waals surface area contributed by atoms with Crippen molar-refractivity contribution in [3.63, 3.8) is 0 Å². The summed E-state index contributed by atoms with van der Waals surface area (Å²) in [6.07, 6.45) is 3.65. The molecule has 0 aliphatic carbocycles. The Morgan fingerprint density at radius 2 is 2.25 bits per heavy atom. The Kier molecular flexibility index (Phi) is 3.74. The maximum Gasteiger partial charge on any atom is 0.213 e. The average Bonchev–Trinajstić information content (AvgIpc) is 2.85. The van der Waals surface area contributed by atoms with Crippen LogP contribution in [-0.4, -0.2) is 36.1 Å². The maximum absolute atomic E-state index is 5.79. The van der Waals surface area contributed by atoms with Crippen molar-refractivity contribution >= 4 is 16.6 Å². The van der Waals surface area contributed by atoms with Gasteiger partial charge < -0.3 is 15.4 Å². The number of fused-ring (bicyclic) bond motifs is 1. The third-order valence-electron chi connectivity index (χ3n) is 4.06. The van der Waals surface area contributed by atoms with E-state index < -0.39 is 0 Å². The number of likely N-dealkylation sites (tertiary alicyclic amines) is 1. The summed E-state index contributed by atoms with van der Waals surface area (Å²) in [5.41, 5.74) is 7.45. The average molecular weight is 271 g/mol. The molecule has 1 aromatic carbocycles. The molecule has 2 N–H and O–H groups in total. The van der Waals surface area contributed by atoms with Crippen LogP contribution in [0.15, 0.2) is 30.3 Å². The van der Waals surface area contributed by atoms with Gasteiger partial charge in [0.1, 0.15) is 0 Å². The lowest BCUT2D eigenvalue weighted by atomic mass is 10.1. The molecule has 0 saturated carbocycles. The van der Waals surface area contributed by atoms with Crippen LogP contribution >= 0.6 is 0 Å². The van der Waals surface area contributed by atoms with E-state index in [-0.39, 0.29) is 0 Å². The third-order valence-corrected chi connectivity index (χ3v) is 4.06. The zero-order chi connectivity index (χ0) is 13.9. The molecule has 1 aliphatic heterocycles. The maximum atomic E-state index is 5.79. The monoisotopic (exact) mass is 271 g/mol. The van der Waals surface area contributed by atoms with Gasteiger partial charge in [-0.25, -0.2) is 4.98 Å². The van der Waals surface area contributed by atoms with Gasteiger partial charge in [-0.1, -0.05) is 0 Å². The Morgan fingerprint density at radius 1 is 1.35 bits per heavy atom. The third kappa shape index (κ3) is 2.85. The molecule has 4 nitrogen and oxygen atoms in total. The van der Waals surface area contributed by atoms with Gasteiger partial charge in [0.2, 0.25) is 5.88 Å². The van der Waals surface area contributed by atoms with E-state index in [0.717, 1.165) is 29.6 Å². The van der Waals surface area contributed by atoms with Crippen molar-refractivity contribution < 1.29 is 4.74 Å². The lowest BCUT2D eigenvalue weighted by Gasteiger charge is -2.19. The summed E-state index contributed by atoms with van der Waals surface area (Å²) in [5, 5.41) is 1.05. The highest BCUT2D eigenvalue weighted by Crippen LogP contribution is 2.21. The van der Waals surface area contributed by atoms with Crippen LogP contribution < -0.4 is 10.5 Å². The van der Waals surface area contributed by atoms with Gasteiger partial charge in [0, 0.05) is 23.2 Å². The van der Waals surface area contributed by atoms with Crippen LogP contribution in [0.25, 0.3) is 10.9 Å². The highest BCUT2D eigenvalue weighted by Gasteiger charge is 2.20. The van der Waals surface area contributed by atoms with Gasteiger partial charge in [0.15, 0.2) is 0 Å². The van der Waals surface area contributed by atoms with Gasteiger partial charge in [0.25, 0.3) is 0 Å². The molecule has 3 rings (SSSR count). The highest BCUT2D eigenvalue weighted by atomic mass is 16.5. The molecule has 1 saturated heterocycles. The standard InChI is InChI=1S/C16H21N3O/c1-19-9-2-3-14(19)8-10-20-16-7-4-12-11-13(17)5-6-15(12)18-16/h4-7,11,14H,2-3,8-10,17H2,1H3. The molecule has 0 spiro atoms. The number of nitrogens with zero attached hydrogens (tertiary/aromatic N) is 2. The molecule has 4 heteroatoms. The first-order chi connectivity index (χ1) is 9.72. The molecule has 0 radical (unpaired) electrons. The minimum Gasteiger partial charge on any atom is -0.478 e. The zero-order valence-electron chi connectivity index (χ0n) is 11.9. The van der Waals surface area contributed by atoms with Crippen LogP contribution in [-0.2, 0) is 0 Å². The number of benzene rings is 1. The fraction of sp³-hybridized carbons (Fsp3) is 0.438. The van der Waals surface area contributed by atoms with Gasteiger partial charge in [-0.3, -0.25) is 0 Å². The number of nitrogens with two attached hydrogens (primary N) is 1. The Morgan fingerprint density at radius 3 is 3.05 bits per heavy atom. The minimum atomic E-state index is 0.662. The van der Waals surface area contributed by atoms with Crippen molar-refractivity contribution in [1.82, 2.24) is 9.88 Å². The quantitative estimate of drug-likeness (QED) is 0.869. The van der Waals surface area contributed by atoms with E-state index in [9.17, 15) is 0 Å². The summed E-state index contributed by atoms with van der Waals surface area (Å²) in [6.45, 7) is 1.93. The van der Waals surface area contributed by atoms with Gasteiger partial charge in [-0.2, -0.15) is 0 Å². The second kappa shape index (κ2) is 5.67. The molecule has 1 aromatic heterocycles. The first-order valence-corrected chi connectivity index (χ1v) is 7.22. The topological polar surface area (TPSA) is 51.4 Å². The summed E-state index contributed by atoms with van der Waals surface area (Å²) in [5.74, 6) is 0.697. The number of hydrogen-bond acceptors (Lipinski definition) is 4. The van der Waals surface area contributed by atoms with Crippen LogP contribution in [0.1, 0.15) is 19.3 Å². The number of anilines is 1. The van der Waals surface area contributed by atoms with Crippen LogP contribution in [0.2, 0.25) is 0 Å². The molecule has 1 fully saturated rings. The van der Waals surface area contributed by atoms with Gasteiger partial charge >= 0.3 is 0 Å². The van der Waals surface area contributed by atoms with E-state index in [4.69, 9.17) is 10.5 Å². The number of ether oxygens (including phenoxy) is 1. The molecule has 1 atom stereocenters. The summed E-state index contributed by atoms with van der Waals surface area (Å²) >= 11 is 0. The summed E-state index contributed by atoms with van der Waals surface area (Å²) in [6, 6.07) is 10.3. The fourth-order valence-corrected chi connectivity index (χ4v) is 2.85. The Labute approximate surface area is 119 Å². The van der Waals surface area contributed by atoms with Crippen molar-refractivity contribution in [3.8, 4) is 5.88 Å². The van der Waals surface area contributed by atoms with Crippen LogP contribution in [0.5, 0.6) is 5.88 Å². The summed E-state index contributed by atoms with van der Waals surface area (Å²) in [4.78, 5) is 6.92. The predicted molar refractivity (Wildman–Crippen MR) is 81.9 cm³/mol.